The quantitative estimate of drug-likeness (QED) is 0.891. The summed E-state index contributed by atoms with van der Waals surface area (Å²) in [5.41, 5.74) is 5.98. The Kier molecular flexibility index (Phi) is 4.46. The van der Waals surface area contributed by atoms with Crippen molar-refractivity contribution < 1.29 is 8.42 Å². The van der Waals surface area contributed by atoms with Crippen molar-refractivity contribution in [3.8, 4) is 6.07 Å². The topological polar surface area (TPSA) is 90.4 Å². The highest BCUT2D eigenvalue weighted by atomic mass is 32.2. The fourth-order valence-corrected chi connectivity index (χ4v) is 5.35. The van der Waals surface area contributed by atoms with Gasteiger partial charge in [0.1, 0.15) is 20.8 Å². The maximum atomic E-state index is 12.1. The van der Waals surface area contributed by atoms with Gasteiger partial charge in [-0.1, -0.05) is 0 Å². The van der Waals surface area contributed by atoms with Crippen molar-refractivity contribution >= 4 is 31.9 Å². The molecule has 2 heterocycles. The third-order valence-electron chi connectivity index (χ3n) is 3.57. The largest absolute Gasteiger partial charge is 0.396 e. The number of nitrogens with two attached hydrogens (primary N) is 1. The van der Waals surface area contributed by atoms with Crippen molar-refractivity contribution in [3.63, 3.8) is 0 Å². The first-order valence-corrected chi connectivity index (χ1v) is 9.40. The van der Waals surface area contributed by atoms with Crippen LogP contribution in [0.25, 0.3) is 0 Å². The van der Waals surface area contributed by atoms with E-state index in [1.165, 1.54) is 11.3 Å². The summed E-state index contributed by atoms with van der Waals surface area (Å²) >= 11 is 1.18. The van der Waals surface area contributed by atoms with Gasteiger partial charge < -0.3 is 15.5 Å². The van der Waals surface area contributed by atoms with Crippen molar-refractivity contribution in [2.75, 3.05) is 44.1 Å². The molecular formula is C13H20N4O2S2. The van der Waals surface area contributed by atoms with Crippen LogP contribution in [-0.2, 0) is 9.84 Å². The Labute approximate surface area is 129 Å². The summed E-state index contributed by atoms with van der Waals surface area (Å²) in [7, 11) is 0.531. The van der Waals surface area contributed by atoms with Crippen molar-refractivity contribution in [1.29, 1.82) is 5.26 Å². The zero-order chi connectivity index (χ0) is 15.8. The van der Waals surface area contributed by atoms with E-state index < -0.39 is 9.84 Å². The van der Waals surface area contributed by atoms with Crippen molar-refractivity contribution in [2.45, 2.75) is 23.8 Å². The molecule has 2 rings (SSSR count). The molecule has 0 aliphatic carbocycles. The van der Waals surface area contributed by atoms with Crippen LogP contribution in [0.15, 0.2) is 4.90 Å². The molecule has 1 aromatic heterocycles. The minimum Gasteiger partial charge on any atom is -0.396 e. The lowest BCUT2D eigenvalue weighted by Gasteiger charge is -2.28. The Hall–Kier alpha value is -1.30. The van der Waals surface area contributed by atoms with E-state index in [2.05, 4.69) is 9.80 Å². The number of hydrogen-bond donors (Lipinski definition) is 1. The third-order valence-corrected chi connectivity index (χ3v) is 6.00. The summed E-state index contributed by atoms with van der Waals surface area (Å²) in [6.45, 7) is 1.65. The van der Waals surface area contributed by atoms with Crippen LogP contribution in [0.1, 0.15) is 17.7 Å². The van der Waals surface area contributed by atoms with Gasteiger partial charge in [0.2, 0.25) is 0 Å². The van der Waals surface area contributed by atoms with E-state index in [0.29, 0.717) is 5.00 Å². The van der Waals surface area contributed by atoms with Crippen LogP contribution in [-0.4, -0.2) is 52.8 Å². The molecule has 0 radical (unpaired) electrons. The van der Waals surface area contributed by atoms with E-state index in [1.807, 2.05) is 20.2 Å². The average Bonchev–Trinajstić information content (AvgIpc) is 2.91. The molecule has 1 aliphatic rings. The maximum Gasteiger partial charge on any atom is 0.180 e. The average molecular weight is 328 g/mol. The Morgan fingerprint density at radius 2 is 2.19 bits per heavy atom. The second-order valence-electron chi connectivity index (χ2n) is 5.61. The molecule has 2 N–H and O–H groups in total. The van der Waals surface area contributed by atoms with Gasteiger partial charge >= 0.3 is 0 Å². The van der Waals surface area contributed by atoms with E-state index in [9.17, 15) is 8.42 Å². The van der Waals surface area contributed by atoms with Gasteiger partial charge in [0.25, 0.3) is 0 Å². The number of hydrogen-bond acceptors (Lipinski definition) is 7. The number of thiophene rings is 1. The van der Waals surface area contributed by atoms with Crippen LogP contribution < -0.4 is 10.6 Å². The standard InChI is InChI=1S/C13H20N4O2S2/c1-16(2)8-9-5-4-6-17(9)13-12(21(3,18)19)11(15)10(7-14)20-13/h9H,4-6,8,15H2,1-3H3. The van der Waals surface area contributed by atoms with Crippen LogP contribution in [0.4, 0.5) is 10.7 Å². The van der Waals surface area contributed by atoms with Crippen LogP contribution in [0.2, 0.25) is 0 Å². The smallest absolute Gasteiger partial charge is 0.180 e. The second-order valence-corrected chi connectivity index (χ2v) is 8.57. The van der Waals surface area contributed by atoms with Gasteiger partial charge in [-0.15, -0.1) is 11.3 Å². The molecule has 1 aliphatic heterocycles. The van der Waals surface area contributed by atoms with Gasteiger partial charge in [-0.05, 0) is 26.9 Å². The summed E-state index contributed by atoms with van der Waals surface area (Å²) < 4.78 is 24.1. The zero-order valence-corrected chi connectivity index (χ0v) is 14.1. The van der Waals surface area contributed by atoms with Crippen molar-refractivity contribution in [1.82, 2.24) is 4.90 Å². The van der Waals surface area contributed by atoms with E-state index in [0.717, 1.165) is 32.2 Å². The second kappa shape index (κ2) is 5.83. The van der Waals surface area contributed by atoms with Gasteiger partial charge in [-0.2, -0.15) is 5.26 Å². The van der Waals surface area contributed by atoms with Crippen molar-refractivity contribution in [2.24, 2.45) is 0 Å². The summed E-state index contributed by atoms with van der Waals surface area (Å²) in [6, 6.07) is 2.25. The number of nitrogen functional groups attached to an aromatic ring is 1. The van der Waals surface area contributed by atoms with Gasteiger partial charge in [-0.25, -0.2) is 8.42 Å². The fourth-order valence-electron chi connectivity index (χ4n) is 2.76. The number of rotatable bonds is 4. The third kappa shape index (κ3) is 3.15. The summed E-state index contributed by atoms with van der Waals surface area (Å²) in [6.07, 6.45) is 3.18. The molecule has 21 heavy (non-hydrogen) atoms. The molecule has 8 heteroatoms. The molecule has 1 aromatic rings. The lowest BCUT2D eigenvalue weighted by atomic mass is 10.2. The normalized spacial score (nSPS) is 19.2. The molecule has 0 saturated carbocycles. The molecule has 1 saturated heterocycles. The Morgan fingerprint density at radius 1 is 1.52 bits per heavy atom. The lowest BCUT2D eigenvalue weighted by Crippen LogP contribution is -2.37. The Balaban J connectivity index is 2.51. The first-order chi connectivity index (χ1) is 9.75. The summed E-state index contributed by atoms with van der Waals surface area (Å²) in [5, 5.41) is 9.76. The molecule has 0 amide bonds. The highest BCUT2D eigenvalue weighted by molar-refractivity contribution is 7.91. The van der Waals surface area contributed by atoms with Gasteiger partial charge in [-0.3, -0.25) is 0 Å². The number of sulfone groups is 1. The van der Waals surface area contributed by atoms with Crippen LogP contribution in [0.3, 0.4) is 0 Å². The molecule has 1 fully saturated rings. The predicted octanol–water partition coefficient (Wildman–Crippen LogP) is 1.14. The molecule has 1 atom stereocenters. The highest BCUT2D eigenvalue weighted by Crippen LogP contribution is 2.43. The first kappa shape index (κ1) is 16.1. The van der Waals surface area contributed by atoms with E-state index >= 15 is 0 Å². The minimum absolute atomic E-state index is 0.0931. The van der Waals surface area contributed by atoms with Crippen LogP contribution in [0.5, 0.6) is 0 Å². The number of likely N-dealkylation sites (N-methyl/N-ethyl adjacent to an activating group) is 1. The highest BCUT2D eigenvalue weighted by Gasteiger charge is 2.33. The van der Waals surface area contributed by atoms with E-state index in [-0.39, 0.29) is 21.5 Å². The van der Waals surface area contributed by atoms with E-state index in [4.69, 9.17) is 11.0 Å². The summed E-state index contributed by atoms with van der Waals surface area (Å²) in [5.74, 6) is 0. The molecular weight excluding hydrogens is 308 g/mol. The SMILES string of the molecule is CN(C)CC1CCCN1c1sc(C#N)c(N)c1S(C)(=O)=O. The van der Waals surface area contributed by atoms with Gasteiger partial charge in [0.15, 0.2) is 9.84 Å². The maximum absolute atomic E-state index is 12.1. The number of nitrogens with zero attached hydrogens (tertiary/aromatic N) is 3. The van der Waals surface area contributed by atoms with E-state index in [1.54, 1.807) is 0 Å². The van der Waals surface area contributed by atoms with Crippen molar-refractivity contribution in [3.05, 3.63) is 4.88 Å². The number of anilines is 2. The van der Waals surface area contributed by atoms with Crippen LogP contribution in [0, 0.1) is 11.3 Å². The molecule has 1 unspecified atom stereocenters. The fraction of sp³-hybridized carbons (Fsp3) is 0.615. The Morgan fingerprint density at radius 3 is 2.71 bits per heavy atom. The predicted molar refractivity (Wildman–Crippen MR) is 85.5 cm³/mol. The van der Waals surface area contributed by atoms with Crippen LogP contribution >= 0.6 is 11.3 Å². The Bertz CT molecular complexity index is 673. The summed E-state index contributed by atoms with van der Waals surface area (Å²) in [4.78, 5) is 4.58. The number of nitriles is 1. The minimum atomic E-state index is -3.46. The monoisotopic (exact) mass is 328 g/mol. The molecule has 0 bridgehead atoms. The molecule has 0 spiro atoms. The zero-order valence-electron chi connectivity index (χ0n) is 12.5. The first-order valence-electron chi connectivity index (χ1n) is 6.69. The lowest BCUT2D eigenvalue weighted by molar-refractivity contribution is 0.372. The molecule has 116 valence electrons. The molecule has 6 nitrogen and oxygen atoms in total. The van der Waals surface area contributed by atoms with Gasteiger partial charge in [0, 0.05) is 25.4 Å². The molecule has 0 aromatic carbocycles. The van der Waals surface area contributed by atoms with Gasteiger partial charge in [0.05, 0.1) is 5.69 Å².